The van der Waals surface area contributed by atoms with Crippen molar-refractivity contribution >= 4 is 23.1 Å². The monoisotopic (exact) mass is 364 g/mol. The number of morpholine rings is 1. The van der Waals surface area contributed by atoms with Gasteiger partial charge in [0, 0.05) is 24.6 Å². The van der Waals surface area contributed by atoms with E-state index in [1.807, 2.05) is 60.0 Å². The van der Waals surface area contributed by atoms with Crippen LogP contribution in [0, 0.1) is 6.92 Å². The lowest BCUT2D eigenvalue weighted by Crippen LogP contribution is -2.50. The zero-order valence-electron chi connectivity index (χ0n) is 15.0. The number of fused-ring (bicyclic) bond motifs is 1. The van der Waals surface area contributed by atoms with Gasteiger partial charge >= 0.3 is 0 Å². The van der Waals surface area contributed by atoms with Crippen LogP contribution in [-0.4, -0.2) is 51.9 Å². The van der Waals surface area contributed by atoms with Gasteiger partial charge in [0.1, 0.15) is 11.3 Å². The lowest BCUT2D eigenvalue weighted by Gasteiger charge is -2.31. The Morgan fingerprint density at radius 1 is 1.19 bits per heavy atom. The summed E-state index contributed by atoms with van der Waals surface area (Å²) in [6.45, 7) is 2.89. The minimum absolute atomic E-state index is 0.195. The lowest BCUT2D eigenvalue weighted by molar-refractivity contribution is -0.131. The molecule has 1 saturated heterocycles. The summed E-state index contributed by atoms with van der Waals surface area (Å²) in [4.78, 5) is 31.4. The molecule has 1 aliphatic rings. The first-order chi connectivity index (χ1) is 13.1. The molecule has 1 aromatic carbocycles. The number of benzene rings is 1. The summed E-state index contributed by atoms with van der Waals surface area (Å²) in [6.07, 6.45) is 2.88. The third-order valence-corrected chi connectivity index (χ3v) is 4.58. The van der Waals surface area contributed by atoms with Gasteiger partial charge in [0.2, 0.25) is 0 Å². The molecule has 2 amide bonds. The molecule has 0 radical (unpaired) electrons. The molecule has 0 spiro atoms. The van der Waals surface area contributed by atoms with E-state index in [0.717, 1.165) is 11.2 Å². The number of aromatic nitrogens is 2. The Morgan fingerprint density at radius 3 is 2.78 bits per heavy atom. The molecule has 3 aromatic rings. The smallest absolute Gasteiger partial charge is 0.274 e. The van der Waals surface area contributed by atoms with Gasteiger partial charge in [-0.15, -0.1) is 0 Å². The number of hydrogen-bond donors (Lipinski definition) is 1. The molecule has 1 N–H and O–H groups in total. The highest BCUT2D eigenvalue weighted by Gasteiger charge is 2.30. The fourth-order valence-electron chi connectivity index (χ4n) is 3.16. The molecule has 1 atom stereocenters. The van der Waals surface area contributed by atoms with Gasteiger partial charge in [-0.3, -0.25) is 9.59 Å². The zero-order valence-corrected chi connectivity index (χ0v) is 15.0. The number of nitrogens with zero attached hydrogens (tertiary/aromatic N) is 3. The van der Waals surface area contributed by atoms with Gasteiger partial charge in [-0.25, -0.2) is 4.98 Å². The van der Waals surface area contributed by atoms with E-state index in [2.05, 4.69) is 10.3 Å². The molecule has 1 aliphatic heterocycles. The summed E-state index contributed by atoms with van der Waals surface area (Å²) in [5, 5.41) is 2.82. The zero-order chi connectivity index (χ0) is 18.8. The topological polar surface area (TPSA) is 75.9 Å². The van der Waals surface area contributed by atoms with E-state index in [-0.39, 0.29) is 18.4 Å². The van der Waals surface area contributed by atoms with Crippen LogP contribution in [0.1, 0.15) is 16.1 Å². The fourth-order valence-corrected chi connectivity index (χ4v) is 3.16. The van der Waals surface area contributed by atoms with E-state index >= 15 is 0 Å². The second-order valence-electron chi connectivity index (χ2n) is 6.51. The Bertz CT molecular complexity index is 983. The Morgan fingerprint density at radius 2 is 2.00 bits per heavy atom. The first kappa shape index (κ1) is 17.2. The van der Waals surface area contributed by atoms with E-state index in [9.17, 15) is 9.59 Å². The van der Waals surface area contributed by atoms with Gasteiger partial charge in [-0.2, -0.15) is 0 Å². The van der Waals surface area contributed by atoms with Gasteiger partial charge in [0.15, 0.2) is 6.10 Å². The first-order valence-corrected chi connectivity index (χ1v) is 8.83. The fraction of sp³-hybridized carbons (Fsp3) is 0.250. The normalized spacial score (nSPS) is 17.1. The molecule has 27 heavy (non-hydrogen) atoms. The molecular formula is C20H20N4O3. The summed E-state index contributed by atoms with van der Waals surface area (Å²) in [7, 11) is 0. The molecule has 0 bridgehead atoms. The summed E-state index contributed by atoms with van der Waals surface area (Å²) in [6, 6.07) is 13.1. The Kier molecular flexibility index (Phi) is 4.60. The molecule has 7 heteroatoms. The van der Waals surface area contributed by atoms with E-state index in [0.29, 0.717) is 24.5 Å². The molecule has 1 fully saturated rings. The maximum absolute atomic E-state index is 12.9. The highest BCUT2D eigenvalue weighted by molar-refractivity contribution is 5.96. The van der Waals surface area contributed by atoms with Crippen LogP contribution >= 0.6 is 0 Å². The number of imidazole rings is 1. The third kappa shape index (κ3) is 3.54. The predicted molar refractivity (Wildman–Crippen MR) is 101 cm³/mol. The summed E-state index contributed by atoms with van der Waals surface area (Å²) >= 11 is 0. The quantitative estimate of drug-likeness (QED) is 0.772. The average molecular weight is 364 g/mol. The summed E-state index contributed by atoms with van der Waals surface area (Å²) in [5.74, 6) is -0.455. The molecule has 138 valence electrons. The number of carbonyl (C=O) groups is 2. The number of carbonyl (C=O) groups excluding carboxylic acids is 2. The van der Waals surface area contributed by atoms with Gasteiger partial charge < -0.3 is 19.4 Å². The van der Waals surface area contributed by atoms with Crippen LogP contribution in [-0.2, 0) is 9.53 Å². The van der Waals surface area contributed by atoms with Crippen LogP contribution in [0.3, 0.4) is 0 Å². The number of ether oxygens (including phenoxy) is 1. The van der Waals surface area contributed by atoms with Crippen molar-refractivity contribution in [2.24, 2.45) is 0 Å². The molecule has 7 nitrogen and oxygen atoms in total. The maximum atomic E-state index is 12.9. The number of rotatable bonds is 3. The van der Waals surface area contributed by atoms with Gasteiger partial charge in [-0.1, -0.05) is 24.3 Å². The highest BCUT2D eigenvalue weighted by Crippen LogP contribution is 2.15. The van der Waals surface area contributed by atoms with Crippen LogP contribution in [0.25, 0.3) is 5.65 Å². The van der Waals surface area contributed by atoms with Crippen LogP contribution in [0.4, 0.5) is 5.69 Å². The van der Waals surface area contributed by atoms with Crippen molar-refractivity contribution in [1.29, 1.82) is 0 Å². The van der Waals surface area contributed by atoms with Gasteiger partial charge in [0.05, 0.1) is 13.2 Å². The van der Waals surface area contributed by atoms with Crippen molar-refractivity contribution in [3.05, 3.63) is 66.1 Å². The van der Waals surface area contributed by atoms with E-state index in [4.69, 9.17) is 4.74 Å². The number of pyridine rings is 1. The Hall–Kier alpha value is -3.19. The Labute approximate surface area is 156 Å². The number of amides is 2. The van der Waals surface area contributed by atoms with Crippen molar-refractivity contribution in [3.63, 3.8) is 0 Å². The van der Waals surface area contributed by atoms with E-state index < -0.39 is 6.10 Å². The summed E-state index contributed by atoms with van der Waals surface area (Å²) in [5.41, 5.74) is 2.82. The molecule has 2 aromatic heterocycles. The second-order valence-corrected chi connectivity index (χ2v) is 6.51. The van der Waals surface area contributed by atoms with Gasteiger partial charge in [-0.05, 0) is 30.7 Å². The molecule has 0 saturated carbocycles. The van der Waals surface area contributed by atoms with Crippen molar-refractivity contribution < 1.29 is 14.3 Å². The standard InChI is InChI=1S/C20H20N4O3/c1-14-6-5-9-23-12-16(22-18(14)23)20(26)24-10-11-27-17(13-24)19(25)21-15-7-3-2-4-8-15/h2-9,12,17H,10-11,13H2,1H3,(H,21,25)/t17-/m1/s1. The van der Waals surface area contributed by atoms with Crippen molar-refractivity contribution in [2.45, 2.75) is 13.0 Å². The number of nitrogens with one attached hydrogen (secondary N) is 1. The largest absolute Gasteiger partial charge is 0.365 e. The SMILES string of the molecule is Cc1cccn2cc(C(=O)N3CCO[C@@H](C(=O)Nc4ccccc4)C3)nc12. The molecule has 0 unspecified atom stereocenters. The van der Waals surface area contributed by atoms with Crippen LogP contribution in [0.2, 0.25) is 0 Å². The van der Waals surface area contributed by atoms with E-state index in [1.165, 1.54) is 0 Å². The molecule has 0 aliphatic carbocycles. The van der Waals surface area contributed by atoms with Crippen molar-refractivity contribution in [2.75, 3.05) is 25.0 Å². The van der Waals surface area contributed by atoms with Crippen LogP contribution in [0.5, 0.6) is 0 Å². The third-order valence-electron chi connectivity index (χ3n) is 4.58. The predicted octanol–water partition coefficient (Wildman–Crippen LogP) is 2.12. The second kappa shape index (κ2) is 7.20. The number of aryl methyl sites for hydroxylation is 1. The number of anilines is 1. The molecule has 3 heterocycles. The highest BCUT2D eigenvalue weighted by atomic mass is 16.5. The molecular weight excluding hydrogens is 344 g/mol. The maximum Gasteiger partial charge on any atom is 0.274 e. The number of hydrogen-bond acceptors (Lipinski definition) is 4. The summed E-state index contributed by atoms with van der Waals surface area (Å²) < 4.78 is 7.41. The molecule has 4 rings (SSSR count). The minimum Gasteiger partial charge on any atom is -0.365 e. The Balaban J connectivity index is 1.47. The van der Waals surface area contributed by atoms with Crippen LogP contribution in [0.15, 0.2) is 54.9 Å². The number of para-hydroxylation sites is 1. The van der Waals surface area contributed by atoms with Crippen LogP contribution < -0.4 is 5.32 Å². The first-order valence-electron chi connectivity index (χ1n) is 8.83. The van der Waals surface area contributed by atoms with Gasteiger partial charge in [0.25, 0.3) is 11.8 Å². The lowest BCUT2D eigenvalue weighted by atomic mass is 10.2. The minimum atomic E-state index is -0.707. The average Bonchev–Trinajstić information content (AvgIpc) is 3.14. The van der Waals surface area contributed by atoms with E-state index in [1.54, 1.807) is 11.1 Å². The van der Waals surface area contributed by atoms with Crippen molar-refractivity contribution in [3.8, 4) is 0 Å². The van der Waals surface area contributed by atoms with Crippen molar-refractivity contribution in [1.82, 2.24) is 14.3 Å².